The molecule has 27 heavy (non-hydrogen) atoms. The Morgan fingerprint density at radius 1 is 0.889 bits per heavy atom. The fourth-order valence-corrected chi connectivity index (χ4v) is 2.67. The molecule has 1 heterocycles. The minimum atomic E-state index is -1.90. The lowest BCUT2D eigenvalue weighted by atomic mass is 10.0. The van der Waals surface area contributed by atoms with Crippen LogP contribution >= 0.6 is 69.6 Å². The molecule has 0 aliphatic carbocycles. The molecule has 2 aromatic rings. The Bertz CT molecular complexity index is 768. The van der Waals surface area contributed by atoms with Crippen molar-refractivity contribution >= 4 is 81.8 Å². The summed E-state index contributed by atoms with van der Waals surface area (Å²) < 4.78 is -3.79. The van der Waals surface area contributed by atoms with Crippen molar-refractivity contribution < 1.29 is 5.11 Å². The van der Waals surface area contributed by atoms with Gasteiger partial charge in [0.05, 0.1) is 6.10 Å². The number of hydrogen-bond acceptors (Lipinski definition) is 4. The number of alkyl halides is 6. The van der Waals surface area contributed by atoms with E-state index in [9.17, 15) is 5.11 Å². The Balaban J connectivity index is 2.30. The van der Waals surface area contributed by atoms with Crippen LogP contribution in [-0.4, -0.2) is 20.1 Å². The first-order chi connectivity index (χ1) is 12.5. The van der Waals surface area contributed by atoms with Crippen LogP contribution < -0.4 is 0 Å². The van der Waals surface area contributed by atoms with E-state index in [4.69, 9.17) is 69.6 Å². The van der Waals surface area contributed by atoms with E-state index in [1.165, 1.54) is 0 Å². The van der Waals surface area contributed by atoms with E-state index in [0.29, 0.717) is 6.42 Å². The SMILES string of the molecule is CCCC(O)c1ccc(C=Cc2nc(C(Cl)(Cl)Cl)nc(C(Cl)(Cl)Cl)n2)cc1. The summed E-state index contributed by atoms with van der Waals surface area (Å²) in [5, 5.41) is 10.0. The molecule has 1 aromatic heterocycles. The zero-order valence-electron chi connectivity index (χ0n) is 14.0. The Kier molecular flexibility index (Phi) is 8.03. The zero-order chi connectivity index (χ0) is 20.2. The maximum Gasteiger partial charge on any atom is 0.250 e. The number of nitrogens with zero attached hydrogens (tertiary/aromatic N) is 3. The highest BCUT2D eigenvalue weighted by atomic mass is 35.6. The molecule has 10 heteroatoms. The summed E-state index contributed by atoms with van der Waals surface area (Å²) in [5.74, 6) is -0.134. The Morgan fingerprint density at radius 3 is 1.85 bits per heavy atom. The lowest BCUT2D eigenvalue weighted by molar-refractivity contribution is 0.166. The van der Waals surface area contributed by atoms with Gasteiger partial charge in [-0.3, -0.25) is 0 Å². The number of rotatable bonds is 5. The molecule has 0 bridgehead atoms. The molecule has 0 spiro atoms. The van der Waals surface area contributed by atoms with Gasteiger partial charge in [0, 0.05) is 0 Å². The first kappa shape index (κ1) is 23.0. The molecule has 0 saturated carbocycles. The third kappa shape index (κ3) is 6.90. The van der Waals surface area contributed by atoms with E-state index in [0.717, 1.165) is 17.5 Å². The first-order valence-corrected chi connectivity index (χ1v) is 10.1. The van der Waals surface area contributed by atoms with Crippen LogP contribution in [0.15, 0.2) is 24.3 Å². The van der Waals surface area contributed by atoms with Crippen molar-refractivity contribution in [3.8, 4) is 0 Å². The summed E-state index contributed by atoms with van der Waals surface area (Å²) in [4.78, 5) is 12.1. The Labute approximate surface area is 187 Å². The molecule has 1 atom stereocenters. The molecule has 1 aromatic carbocycles. The predicted molar refractivity (Wildman–Crippen MR) is 114 cm³/mol. The molecular formula is C17H15Cl6N3O. The maximum absolute atomic E-state index is 10.0. The first-order valence-electron chi connectivity index (χ1n) is 7.87. The number of benzene rings is 1. The van der Waals surface area contributed by atoms with Gasteiger partial charge in [0.15, 0.2) is 17.5 Å². The summed E-state index contributed by atoms with van der Waals surface area (Å²) in [5.41, 5.74) is 1.71. The second-order valence-electron chi connectivity index (χ2n) is 5.64. The van der Waals surface area contributed by atoms with Crippen LogP contribution in [0.4, 0.5) is 0 Å². The van der Waals surface area contributed by atoms with Gasteiger partial charge in [-0.2, -0.15) is 0 Å². The molecule has 0 aliphatic rings. The second kappa shape index (κ2) is 9.45. The fourth-order valence-electron chi connectivity index (χ4n) is 2.16. The quantitative estimate of drug-likeness (QED) is 0.485. The van der Waals surface area contributed by atoms with E-state index in [1.807, 2.05) is 31.2 Å². The van der Waals surface area contributed by atoms with E-state index in [-0.39, 0.29) is 17.5 Å². The third-order valence-corrected chi connectivity index (χ3v) is 4.48. The molecule has 0 amide bonds. The summed E-state index contributed by atoms with van der Waals surface area (Å²) in [7, 11) is 0. The number of hydrogen-bond donors (Lipinski definition) is 1. The molecule has 0 radical (unpaired) electrons. The van der Waals surface area contributed by atoms with Crippen molar-refractivity contribution in [3.05, 3.63) is 52.9 Å². The standard InChI is InChI=1S/C17H15Cl6N3O/c1-2-3-12(27)11-7-4-10(5-8-11)6-9-13-24-14(16(18,19)20)26-15(25-13)17(21,22)23/h4-9,12,27H,2-3H2,1H3. The number of aliphatic hydroxyl groups excluding tert-OH is 1. The van der Waals surface area contributed by atoms with E-state index < -0.39 is 13.7 Å². The van der Waals surface area contributed by atoms with Crippen LogP contribution in [0.25, 0.3) is 12.2 Å². The van der Waals surface area contributed by atoms with Crippen LogP contribution in [0, 0.1) is 0 Å². The van der Waals surface area contributed by atoms with Gasteiger partial charge in [0.2, 0.25) is 7.59 Å². The minimum Gasteiger partial charge on any atom is -0.388 e. The molecule has 0 saturated heterocycles. The van der Waals surface area contributed by atoms with Crippen molar-refractivity contribution in [1.29, 1.82) is 0 Å². The molecule has 2 rings (SSSR count). The lowest BCUT2D eigenvalue weighted by Gasteiger charge is -2.14. The Morgan fingerprint density at radius 2 is 1.41 bits per heavy atom. The van der Waals surface area contributed by atoms with Crippen LogP contribution in [0.1, 0.15) is 54.5 Å². The number of aromatic nitrogens is 3. The topological polar surface area (TPSA) is 58.9 Å². The molecule has 1 unspecified atom stereocenters. The Hall–Kier alpha value is -0.330. The normalized spacial score (nSPS) is 13.9. The van der Waals surface area contributed by atoms with E-state index in [1.54, 1.807) is 12.2 Å². The zero-order valence-corrected chi connectivity index (χ0v) is 18.5. The van der Waals surface area contributed by atoms with Crippen molar-refractivity contribution in [2.24, 2.45) is 0 Å². The molecule has 146 valence electrons. The van der Waals surface area contributed by atoms with Gasteiger partial charge < -0.3 is 5.11 Å². The summed E-state index contributed by atoms with van der Waals surface area (Å²) >= 11 is 35.1. The van der Waals surface area contributed by atoms with Crippen molar-refractivity contribution in [2.45, 2.75) is 33.5 Å². The lowest BCUT2D eigenvalue weighted by Crippen LogP contribution is -2.16. The van der Waals surface area contributed by atoms with Crippen LogP contribution in [0.2, 0.25) is 0 Å². The summed E-state index contributed by atoms with van der Waals surface area (Å²) in [6, 6.07) is 7.43. The highest BCUT2D eigenvalue weighted by Crippen LogP contribution is 2.40. The maximum atomic E-state index is 10.0. The fraction of sp³-hybridized carbons (Fsp3) is 0.353. The molecule has 4 nitrogen and oxygen atoms in total. The van der Waals surface area contributed by atoms with Gasteiger partial charge in [-0.25, -0.2) is 15.0 Å². The number of aliphatic hydroxyl groups is 1. The predicted octanol–water partition coefficient (Wildman–Crippen LogP) is 6.53. The van der Waals surface area contributed by atoms with Gasteiger partial charge in [-0.15, -0.1) is 0 Å². The monoisotopic (exact) mass is 487 g/mol. The van der Waals surface area contributed by atoms with Crippen LogP contribution in [-0.2, 0) is 7.59 Å². The molecule has 1 N–H and O–H groups in total. The van der Waals surface area contributed by atoms with Crippen LogP contribution in [0.5, 0.6) is 0 Å². The highest BCUT2D eigenvalue weighted by Gasteiger charge is 2.33. The van der Waals surface area contributed by atoms with Gasteiger partial charge >= 0.3 is 0 Å². The highest BCUT2D eigenvalue weighted by molar-refractivity contribution is 6.67. The third-order valence-electron chi connectivity index (χ3n) is 3.47. The second-order valence-corrected chi connectivity index (χ2v) is 10.2. The number of halogens is 6. The molecular weight excluding hydrogens is 475 g/mol. The minimum absolute atomic E-state index is 0.151. The van der Waals surface area contributed by atoms with Crippen LogP contribution in [0.3, 0.4) is 0 Å². The van der Waals surface area contributed by atoms with Crippen molar-refractivity contribution in [1.82, 2.24) is 15.0 Å². The van der Waals surface area contributed by atoms with E-state index >= 15 is 0 Å². The van der Waals surface area contributed by atoms with Crippen molar-refractivity contribution in [3.63, 3.8) is 0 Å². The summed E-state index contributed by atoms with van der Waals surface area (Å²) in [6.45, 7) is 2.02. The van der Waals surface area contributed by atoms with Gasteiger partial charge in [-0.1, -0.05) is 113 Å². The van der Waals surface area contributed by atoms with E-state index in [2.05, 4.69) is 15.0 Å². The smallest absolute Gasteiger partial charge is 0.250 e. The average molecular weight is 490 g/mol. The molecule has 0 aliphatic heterocycles. The van der Waals surface area contributed by atoms with Gasteiger partial charge in [0.1, 0.15) is 0 Å². The largest absolute Gasteiger partial charge is 0.388 e. The van der Waals surface area contributed by atoms with Gasteiger partial charge in [-0.05, 0) is 23.6 Å². The summed E-state index contributed by atoms with van der Waals surface area (Å²) in [6.07, 6.45) is 4.46. The molecule has 0 fully saturated rings. The average Bonchev–Trinajstić information content (AvgIpc) is 2.59. The van der Waals surface area contributed by atoms with Gasteiger partial charge in [0.25, 0.3) is 0 Å². The van der Waals surface area contributed by atoms with Crippen molar-refractivity contribution in [2.75, 3.05) is 0 Å².